The van der Waals surface area contributed by atoms with Crippen LogP contribution in [0.3, 0.4) is 0 Å². The summed E-state index contributed by atoms with van der Waals surface area (Å²) in [5.74, 6) is 1.55. The average molecular weight is 461 g/mol. The molecule has 2 heterocycles. The zero-order valence-electron chi connectivity index (χ0n) is 21.1. The van der Waals surface area contributed by atoms with Crippen LogP contribution in [-0.4, -0.2) is 41.4 Å². The van der Waals surface area contributed by atoms with Gasteiger partial charge in [-0.25, -0.2) is 0 Å². The highest BCUT2D eigenvalue weighted by Crippen LogP contribution is 2.52. The van der Waals surface area contributed by atoms with Crippen LogP contribution in [0.4, 0.5) is 0 Å². The number of hydrogen-bond donors (Lipinski definition) is 0. The van der Waals surface area contributed by atoms with Crippen LogP contribution in [0.2, 0.25) is 0 Å². The predicted molar refractivity (Wildman–Crippen MR) is 136 cm³/mol. The number of nitrogens with zero attached hydrogens (tertiary/aromatic N) is 2. The number of rotatable bonds is 6. The molecule has 4 nitrogen and oxygen atoms in total. The largest absolute Gasteiger partial charge is 0.489 e. The Morgan fingerprint density at radius 1 is 0.971 bits per heavy atom. The molecule has 2 saturated heterocycles. The van der Waals surface area contributed by atoms with Crippen molar-refractivity contribution in [2.24, 2.45) is 16.7 Å². The van der Waals surface area contributed by atoms with Crippen LogP contribution in [-0.2, 0) is 17.9 Å². The first kappa shape index (κ1) is 23.4. The van der Waals surface area contributed by atoms with Gasteiger partial charge in [-0.2, -0.15) is 0 Å². The molecule has 4 heteroatoms. The van der Waals surface area contributed by atoms with Gasteiger partial charge in [0, 0.05) is 25.0 Å². The Morgan fingerprint density at radius 2 is 1.71 bits per heavy atom. The fourth-order valence-corrected chi connectivity index (χ4v) is 7.02. The lowest BCUT2D eigenvalue weighted by atomic mass is 9.65. The van der Waals surface area contributed by atoms with Crippen molar-refractivity contribution in [2.45, 2.75) is 72.1 Å². The molecule has 34 heavy (non-hydrogen) atoms. The Labute approximate surface area is 205 Å². The summed E-state index contributed by atoms with van der Waals surface area (Å²) < 4.78 is 6.02. The van der Waals surface area contributed by atoms with Gasteiger partial charge in [-0.05, 0) is 79.3 Å². The number of amides is 1. The molecule has 2 unspecified atom stereocenters. The summed E-state index contributed by atoms with van der Waals surface area (Å²) in [4.78, 5) is 18.3. The van der Waals surface area contributed by atoms with E-state index in [9.17, 15) is 4.79 Å². The van der Waals surface area contributed by atoms with E-state index < -0.39 is 0 Å². The molecule has 2 atom stereocenters. The first-order valence-corrected chi connectivity index (χ1v) is 13.1. The molecule has 0 spiro atoms. The summed E-state index contributed by atoms with van der Waals surface area (Å²) in [6.07, 6.45) is 5.56. The van der Waals surface area contributed by atoms with E-state index in [2.05, 4.69) is 60.9 Å². The minimum absolute atomic E-state index is 0.197. The van der Waals surface area contributed by atoms with Crippen LogP contribution < -0.4 is 4.74 Å². The van der Waals surface area contributed by atoms with Gasteiger partial charge >= 0.3 is 0 Å². The van der Waals surface area contributed by atoms with E-state index in [4.69, 9.17) is 4.74 Å². The normalized spacial score (nSPS) is 27.0. The maximum Gasteiger partial charge on any atom is 0.226 e. The first-order valence-electron chi connectivity index (χ1n) is 13.1. The van der Waals surface area contributed by atoms with E-state index in [0.29, 0.717) is 29.4 Å². The van der Waals surface area contributed by atoms with E-state index in [1.54, 1.807) is 0 Å². The molecule has 2 aromatic carbocycles. The van der Waals surface area contributed by atoms with Crippen LogP contribution in [0.5, 0.6) is 5.75 Å². The van der Waals surface area contributed by atoms with Crippen molar-refractivity contribution in [3.05, 3.63) is 65.7 Å². The van der Waals surface area contributed by atoms with Crippen molar-refractivity contribution < 1.29 is 9.53 Å². The van der Waals surface area contributed by atoms with Gasteiger partial charge in [0.25, 0.3) is 0 Å². The Kier molecular flexibility index (Phi) is 6.45. The monoisotopic (exact) mass is 460 g/mol. The van der Waals surface area contributed by atoms with Gasteiger partial charge in [0.05, 0.1) is 0 Å². The molecule has 2 aromatic rings. The Bertz CT molecular complexity index is 996. The topological polar surface area (TPSA) is 32.8 Å². The highest BCUT2D eigenvalue weighted by Gasteiger charge is 2.51. The molecule has 1 saturated carbocycles. The summed E-state index contributed by atoms with van der Waals surface area (Å²) in [5, 5.41) is 0. The molecular weight excluding hydrogens is 420 g/mol. The summed E-state index contributed by atoms with van der Waals surface area (Å²) in [6.45, 7) is 11.6. The number of benzene rings is 2. The highest BCUT2D eigenvalue weighted by atomic mass is 16.5. The molecule has 1 amide bonds. The summed E-state index contributed by atoms with van der Waals surface area (Å²) in [5.41, 5.74) is 3.13. The molecule has 0 radical (unpaired) electrons. The first-order chi connectivity index (χ1) is 16.3. The molecule has 3 aliphatic rings. The number of carbonyl (C=O) groups excluding carboxylic acids is 1. The third-order valence-corrected chi connectivity index (χ3v) is 8.19. The van der Waals surface area contributed by atoms with Gasteiger partial charge in [0.2, 0.25) is 5.91 Å². The van der Waals surface area contributed by atoms with Gasteiger partial charge < -0.3 is 9.64 Å². The van der Waals surface area contributed by atoms with Crippen molar-refractivity contribution in [1.82, 2.24) is 9.80 Å². The number of likely N-dealkylation sites (tertiary alicyclic amines) is 2. The zero-order valence-corrected chi connectivity index (χ0v) is 21.1. The number of piperidine rings is 1. The summed E-state index contributed by atoms with van der Waals surface area (Å²) in [7, 11) is 0. The van der Waals surface area contributed by atoms with Crippen LogP contribution in [0.25, 0.3) is 0 Å². The maximum absolute atomic E-state index is 13.5. The van der Waals surface area contributed by atoms with Crippen molar-refractivity contribution in [3.63, 3.8) is 0 Å². The lowest BCUT2D eigenvalue weighted by Crippen LogP contribution is -2.44. The standard InChI is InChI=1S/C30H40N2O2/c1-29(2)17-26-18-30(3,21-29)22-32(26)28(33)25-12-14-31(15-13-25)19-24-10-7-11-27(16-24)34-20-23-8-5-4-6-9-23/h4-11,16,25-26H,12-15,17-22H2,1-3H3. The van der Waals surface area contributed by atoms with Gasteiger partial charge in [-0.3, -0.25) is 9.69 Å². The highest BCUT2D eigenvalue weighted by molar-refractivity contribution is 5.79. The SMILES string of the molecule is CC1(C)CC2CC(C)(CN2C(=O)C2CCN(Cc3cccc(OCc4ccccc4)c3)CC2)C1. The quantitative estimate of drug-likeness (QED) is 0.538. The van der Waals surface area contributed by atoms with E-state index in [1.807, 2.05) is 24.3 Å². The molecule has 5 rings (SSSR count). The van der Waals surface area contributed by atoms with Crippen molar-refractivity contribution in [2.75, 3.05) is 19.6 Å². The molecular formula is C30H40N2O2. The van der Waals surface area contributed by atoms with Crippen LogP contribution in [0.15, 0.2) is 54.6 Å². The second-order valence-electron chi connectivity index (χ2n) is 12.2. The summed E-state index contributed by atoms with van der Waals surface area (Å²) in [6, 6.07) is 19.2. The lowest BCUT2D eigenvalue weighted by molar-refractivity contribution is -0.138. The van der Waals surface area contributed by atoms with Crippen molar-refractivity contribution in [1.29, 1.82) is 0 Å². The minimum atomic E-state index is 0.197. The number of fused-ring (bicyclic) bond motifs is 2. The van der Waals surface area contributed by atoms with E-state index >= 15 is 0 Å². The molecule has 2 aliphatic heterocycles. The van der Waals surface area contributed by atoms with E-state index in [0.717, 1.165) is 51.2 Å². The second kappa shape index (κ2) is 9.37. The number of carbonyl (C=O) groups is 1. The molecule has 3 fully saturated rings. The Hall–Kier alpha value is -2.33. The number of ether oxygens (including phenoxy) is 1. The Morgan fingerprint density at radius 3 is 2.47 bits per heavy atom. The predicted octanol–water partition coefficient (Wildman–Crippen LogP) is 5.90. The maximum atomic E-state index is 13.5. The minimum Gasteiger partial charge on any atom is -0.489 e. The molecule has 1 aliphatic carbocycles. The smallest absolute Gasteiger partial charge is 0.226 e. The average Bonchev–Trinajstić information content (AvgIpc) is 3.07. The van der Waals surface area contributed by atoms with Crippen LogP contribution in [0, 0.1) is 16.7 Å². The molecule has 0 N–H and O–H groups in total. The second-order valence-corrected chi connectivity index (χ2v) is 12.2. The fourth-order valence-electron chi connectivity index (χ4n) is 7.02. The van der Waals surface area contributed by atoms with Gasteiger partial charge in [0.1, 0.15) is 12.4 Å². The molecule has 2 bridgehead atoms. The van der Waals surface area contributed by atoms with Gasteiger partial charge in [-0.15, -0.1) is 0 Å². The molecule has 182 valence electrons. The number of hydrogen-bond acceptors (Lipinski definition) is 3. The zero-order chi connectivity index (χ0) is 23.8. The third-order valence-electron chi connectivity index (χ3n) is 8.19. The lowest BCUT2D eigenvalue weighted by Gasteiger charge is -2.40. The van der Waals surface area contributed by atoms with Gasteiger partial charge in [-0.1, -0.05) is 63.2 Å². The van der Waals surface area contributed by atoms with Crippen LogP contribution >= 0.6 is 0 Å². The fraction of sp³-hybridized carbons (Fsp3) is 0.567. The van der Waals surface area contributed by atoms with Crippen molar-refractivity contribution in [3.8, 4) is 5.75 Å². The molecule has 0 aromatic heterocycles. The summed E-state index contributed by atoms with van der Waals surface area (Å²) >= 11 is 0. The Balaban J connectivity index is 1.12. The van der Waals surface area contributed by atoms with Crippen molar-refractivity contribution >= 4 is 5.91 Å². The van der Waals surface area contributed by atoms with Crippen LogP contribution in [0.1, 0.15) is 64.0 Å². The van der Waals surface area contributed by atoms with E-state index in [-0.39, 0.29) is 5.92 Å². The van der Waals surface area contributed by atoms with E-state index in [1.165, 1.54) is 24.0 Å². The third kappa shape index (κ3) is 5.33. The van der Waals surface area contributed by atoms with Gasteiger partial charge in [0.15, 0.2) is 0 Å².